The Bertz CT molecular complexity index is 699. The summed E-state index contributed by atoms with van der Waals surface area (Å²) < 4.78 is 0. The molecule has 2 aromatic rings. The maximum Gasteiger partial charge on any atom is 0.262 e. The average Bonchev–Trinajstić information content (AvgIpc) is 3.11. The summed E-state index contributed by atoms with van der Waals surface area (Å²) in [4.78, 5) is 31.4. The van der Waals surface area contributed by atoms with Crippen LogP contribution < -0.4 is 5.32 Å². The van der Waals surface area contributed by atoms with Crippen LogP contribution in [-0.2, 0) is 0 Å². The van der Waals surface area contributed by atoms with Gasteiger partial charge in [-0.25, -0.2) is 4.98 Å². The molecular weight excluding hydrogens is 310 g/mol. The summed E-state index contributed by atoms with van der Waals surface area (Å²) in [5, 5.41) is 3.45. The van der Waals surface area contributed by atoms with E-state index < -0.39 is 0 Å². The van der Waals surface area contributed by atoms with Gasteiger partial charge in [-0.15, -0.1) is 11.3 Å². The van der Waals surface area contributed by atoms with Crippen LogP contribution in [0.25, 0.3) is 0 Å². The molecule has 0 unspecified atom stereocenters. The Morgan fingerprint density at radius 1 is 1.26 bits per heavy atom. The van der Waals surface area contributed by atoms with E-state index in [0.29, 0.717) is 10.4 Å². The van der Waals surface area contributed by atoms with Crippen molar-refractivity contribution < 1.29 is 9.59 Å². The third-order valence-electron chi connectivity index (χ3n) is 4.04. The monoisotopic (exact) mass is 329 g/mol. The predicted molar refractivity (Wildman–Crippen MR) is 89.6 cm³/mol. The van der Waals surface area contributed by atoms with Gasteiger partial charge in [0.15, 0.2) is 0 Å². The molecule has 1 N–H and O–H groups in total. The van der Waals surface area contributed by atoms with Crippen LogP contribution in [-0.4, -0.2) is 35.3 Å². The number of likely N-dealkylation sites (tertiary alicyclic amines) is 1. The molecule has 1 atom stereocenters. The fourth-order valence-corrected chi connectivity index (χ4v) is 3.86. The second-order valence-corrected chi connectivity index (χ2v) is 6.58. The van der Waals surface area contributed by atoms with Crippen LogP contribution in [0.15, 0.2) is 36.5 Å². The predicted octanol–water partition coefficient (Wildman–Crippen LogP) is 2.87. The molecule has 3 rings (SSSR count). The molecular formula is C17H19N3O2S. The van der Waals surface area contributed by atoms with Crippen LogP contribution in [0.2, 0.25) is 0 Å². The molecule has 120 valence electrons. The Kier molecular flexibility index (Phi) is 4.71. The van der Waals surface area contributed by atoms with E-state index >= 15 is 0 Å². The summed E-state index contributed by atoms with van der Waals surface area (Å²) in [6.07, 6.45) is 4.55. The summed E-state index contributed by atoms with van der Waals surface area (Å²) >= 11 is 1.37. The van der Waals surface area contributed by atoms with E-state index in [-0.39, 0.29) is 17.9 Å². The third kappa shape index (κ3) is 3.27. The number of nitrogens with zero attached hydrogens (tertiary/aromatic N) is 2. The quantitative estimate of drug-likeness (QED) is 0.942. The molecule has 1 fully saturated rings. The number of piperidine rings is 1. The van der Waals surface area contributed by atoms with Crippen LogP contribution in [0.3, 0.4) is 0 Å². The van der Waals surface area contributed by atoms with Crippen molar-refractivity contribution in [3.05, 3.63) is 52.0 Å². The maximum atomic E-state index is 12.8. The van der Waals surface area contributed by atoms with E-state index in [4.69, 9.17) is 0 Å². The molecule has 0 aliphatic carbocycles. The number of benzene rings is 1. The summed E-state index contributed by atoms with van der Waals surface area (Å²) in [6.45, 7) is 0.729. The fourth-order valence-electron chi connectivity index (χ4n) is 2.85. The zero-order chi connectivity index (χ0) is 16.2. The van der Waals surface area contributed by atoms with Gasteiger partial charge < -0.3 is 10.2 Å². The molecule has 6 heteroatoms. The van der Waals surface area contributed by atoms with Crippen molar-refractivity contribution in [1.29, 1.82) is 0 Å². The first kappa shape index (κ1) is 15.7. The van der Waals surface area contributed by atoms with E-state index in [2.05, 4.69) is 10.3 Å². The number of amides is 2. The SMILES string of the molecule is CNC(=O)c1cnc([C@@H]2CCCCN2C(=O)c2ccccc2)s1. The second kappa shape index (κ2) is 6.91. The first-order valence-electron chi connectivity index (χ1n) is 7.74. The molecule has 23 heavy (non-hydrogen) atoms. The molecule has 1 aliphatic rings. The minimum absolute atomic E-state index is 0.0343. The molecule has 0 spiro atoms. The lowest BCUT2D eigenvalue weighted by Crippen LogP contribution is -2.38. The van der Waals surface area contributed by atoms with Gasteiger partial charge in [0.05, 0.1) is 12.2 Å². The van der Waals surface area contributed by atoms with Crippen molar-refractivity contribution in [2.24, 2.45) is 0 Å². The van der Waals surface area contributed by atoms with Gasteiger partial charge in [-0.05, 0) is 31.4 Å². The normalized spacial score (nSPS) is 17.8. The van der Waals surface area contributed by atoms with Gasteiger partial charge in [0.2, 0.25) is 0 Å². The van der Waals surface area contributed by atoms with Crippen molar-refractivity contribution in [3.63, 3.8) is 0 Å². The summed E-state index contributed by atoms with van der Waals surface area (Å²) in [7, 11) is 1.60. The lowest BCUT2D eigenvalue weighted by molar-refractivity contribution is 0.0611. The highest BCUT2D eigenvalue weighted by atomic mass is 32.1. The number of hydrogen-bond acceptors (Lipinski definition) is 4. The van der Waals surface area contributed by atoms with E-state index in [1.165, 1.54) is 11.3 Å². The fraction of sp³-hybridized carbons (Fsp3) is 0.353. The molecule has 1 aliphatic heterocycles. The first-order chi connectivity index (χ1) is 11.2. The van der Waals surface area contributed by atoms with Gasteiger partial charge in [-0.1, -0.05) is 18.2 Å². The molecule has 1 aromatic carbocycles. The van der Waals surface area contributed by atoms with E-state index in [9.17, 15) is 9.59 Å². The number of nitrogens with one attached hydrogen (secondary N) is 1. The maximum absolute atomic E-state index is 12.8. The van der Waals surface area contributed by atoms with Gasteiger partial charge >= 0.3 is 0 Å². The van der Waals surface area contributed by atoms with Crippen LogP contribution in [0, 0.1) is 0 Å². The highest BCUT2D eigenvalue weighted by Crippen LogP contribution is 2.34. The molecule has 5 nitrogen and oxygen atoms in total. The molecule has 0 saturated carbocycles. The van der Waals surface area contributed by atoms with Gasteiger partial charge in [0.1, 0.15) is 9.88 Å². The van der Waals surface area contributed by atoms with Gasteiger partial charge in [-0.3, -0.25) is 9.59 Å². The Balaban J connectivity index is 1.85. The zero-order valence-electron chi connectivity index (χ0n) is 13.0. The Morgan fingerprint density at radius 3 is 2.78 bits per heavy atom. The molecule has 0 bridgehead atoms. The Hall–Kier alpha value is -2.21. The van der Waals surface area contributed by atoms with Gasteiger partial charge in [-0.2, -0.15) is 0 Å². The van der Waals surface area contributed by atoms with Crippen LogP contribution >= 0.6 is 11.3 Å². The molecule has 2 amide bonds. The minimum atomic E-state index is -0.134. The number of aromatic nitrogens is 1. The Morgan fingerprint density at radius 2 is 2.04 bits per heavy atom. The second-order valence-electron chi connectivity index (χ2n) is 5.52. The number of hydrogen-bond donors (Lipinski definition) is 1. The van der Waals surface area contributed by atoms with Gasteiger partial charge in [0, 0.05) is 19.2 Å². The zero-order valence-corrected chi connectivity index (χ0v) is 13.8. The Labute approximate surface area is 139 Å². The van der Waals surface area contributed by atoms with E-state index in [1.807, 2.05) is 35.2 Å². The summed E-state index contributed by atoms with van der Waals surface area (Å²) in [5.41, 5.74) is 0.697. The van der Waals surface area contributed by atoms with Crippen LogP contribution in [0.4, 0.5) is 0 Å². The number of thiazole rings is 1. The van der Waals surface area contributed by atoms with Crippen molar-refractivity contribution >= 4 is 23.2 Å². The lowest BCUT2D eigenvalue weighted by Gasteiger charge is -2.34. The van der Waals surface area contributed by atoms with Crippen LogP contribution in [0.5, 0.6) is 0 Å². The third-order valence-corrected chi connectivity index (χ3v) is 5.14. The van der Waals surface area contributed by atoms with Crippen molar-refractivity contribution in [2.75, 3.05) is 13.6 Å². The molecule has 0 radical (unpaired) electrons. The number of carbonyl (C=O) groups excluding carboxylic acids is 2. The number of carbonyl (C=O) groups is 2. The van der Waals surface area contributed by atoms with E-state index in [0.717, 1.165) is 30.8 Å². The van der Waals surface area contributed by atoms with Crippen molar-refractivity contribution in [1.82, 2.24) is 15.2 Å². The number of rotatable bonds is 3. The molecule has 1 aromatic heterocycles. The minimum Gasteiger partial charge on any atom is -0.354 e. The smallest absolute Gasteiger partial charge is 0.262 e. The summed E-state index contributed by atoms with van der Waals surface area (Å²) in [5.74, 6) is -0.0995. The first-order valence-corrected chi connectivity index (χ1v) is 8.56. The standard InChI is InChI=1S/C17H19N3O2S/c1-18-15(21)14-11-19-16(23-14)13-9-5-6-10-20(13)17(22)12-7-3-2-4-8-12/h2-4,7-8,11,13H,5-6,9-10H2,1H3,(H,18,21)/t13-/m0/s1. The van der Waals surface area contributed by atoms with E-state index in [1.54, 1.807) is 13.2 Å². The van der Waals surface area contributed by atoms with Crippen LogP contribution in [0.1, 0.15) is 50.3 Å². The molecule has 1 saturated heterocycles. The summed E-state index contributed by atoms with van der Waals surface area (Å²) in [6, 6.07) is 9.29. The molecule has 2 heterocycles. The van der Waals surface area contributed by atoms with Gasteiger partial charge in [0.25, 0.3) is 11.8 Å². The topological polar surface area (TPSA) is 62.3 Å². The largest absolute Gasteiger partial charge is 0.354 e. The highest BCUT2D eigenvalue weighted by Gasteiger charge is 2.31. The van der Waals surface area contributed by atoms with Crippen molar-refractivity contribution in [2.45, 2.75) is 25.3 Å². The lowest BCUT2D eigenvalue weighted by atomic mass is 10.0. The average molecular weight is 329 g/mol. The highest BCUT2D eigenvalue weighted by molar-refractivity contribution is 7.13. The van der Waals surface area contributed by atoms with Crippen molar-refractivity contribution in [3.8, 4) is 0 Å².